The molecule has 3 rings (SSSR count). The first-order valence-corrected chi connectivity index (χ1v) is 7.88. The third kappa shape index (κ3) is 3.35. The van der Waals surface area contributed by atoms with E-state index in [-0.39, 0.29) is 12.6 Å². The van der Waals surface area contributed by atoms with E-state index in [1.165, 1.54) is 0 Å². The van der Waals surface area contributed by atoms with Gasteiger partial charge >= 0.3 is 6.03 Å². The zero-order chi connectivity index (χ0) is 16.9. The number of urea groups is 1. The first-order chi connectivity index (χ1) is 11.7. The molecule has 124 valence electrons. The Kier molecular flexibility index (Phi) is 4.71. The lowest BCUT2D eigenvalue weighted by molar-refractivity contribution is 0.251. The summed E-state index contributed by atoms with van der Waals surface area (Å²) in [7, 11) is 0. The first-order valence-electron chi connectivity index (χ1n) is 7.47. The largest absolute Gasteiger partial charge is 0.331 e. The number of aromatic nitrogens is 5. The van der Waals surface area contributed by atoms with Crippen LogP contribution in [0.2, 0.25) is 0 Å². The van der Waals surface area contributed by atoms with Crippen molar-refractivity contribution >= 4 is 23.9 Å². The lowest BCUT2D eigenvalue weighted by Crippen LogP contribution is -2.29. The fourth-order valence-corrected chi connectivity index (χ4v) is 2.61. The van der Waals surface area contributed by atoms with Gasteiger partial charge in [0, 0.05) is 18.9 Å². The van der Waals surface area contributed by atoms with Crippen LogP contribution < -0.4 is 10.6 Å². The molecule has 9 heteroatoms. The van der Waals surface area contributed by atoms with Crippen molar-refractivity contribution in [1.29, 1.82) is 0 Å². The molecule has 0 atom stereocenters. The molecule has 0 fully saturated rings. The van der Waals surface area contributed by atoms with E-state index in [9.17, 15) is 4.79 Å². The van der Waals surface area contributed by atoms with Gasteiger partial charge in [0.25, 0.3) is 0 Å². The van der Waals surface area contributed by atoms with Crippen molar-refractivity contribution in [2.45, 2.75) is 20.0 Å². The van der Waals surface area contributed by atoms with Crippen LogP contribution in [0.4, 0.5) is 10.5 Å². The SMILES string of the molecule is CCn1c(CNC(=O)Nc2ccccc2-n2cccn2)n[nH]c1=S. The van der Waals surface area contributed by atoms with Crippen LogP contribution >= 0.6 is 12.2 Å². The Morgan fingerprint density at radius 2 is 2.17 bits per heavy atom. The van der Waals surface area contributed by atoms with Gasteiger partial charge in [0.15, 0.2) is 10.6 Å². The van der Waals surface area contributed by atoms with E-state index in [1.54, 1.807) is 10.9 Å². The van der Waals surface area contributed by atoms with Gasteiger partial charge in [-0.3, -0.25) is 5.10 Å². The number of hydrogen-bond acceptors (Lipinski definition) is 4. The van der Waals surface area contributed by atoms with E-state index in [1.807, 2.05) is 48.0 Å². The van der Waals surface area contributed by atoms with Crippen LogP contribution in [0.3, 0.4) is 0 Å². The van der Waals surface area contributed by atoms with Gasteiger partial charge in [0.1, 0.15) is 0 Å². The van der Waals surface area contributed by atoms with Crippen LogP contribution in [0.1, 0.15) is 12.7 Å². The van der Waals surface area contributed by atoms with Crippen LogP contribution in [0.5, 0.6) is 0 Å². The maximum atomic E-state index is 12.2. The third-order valence-electron chi connectivity index (χ3n) is 3.46. The van der Waals surface area contributed by atoms with Gasteiger partial charge in [0.2, 0.25) is 0 Å². The summed E-state index contributed by atoms with van der Waals surface area (Å²) >= 11 is 5.13. The summed E-state index contributed by atoms with van der Waals surface area (Å²) in [5.41, 5.74) is 1.45. The smallest absolute Gasteiger partial charge is 0.319 e. The minimum absolute atomic E-state index is 0.275. The molecule has 2 heterocycles. The van der Waals surface area contributed by atoms with Crippen molar-refractivity contribution in [3.8, 4) is 5.69 Å². The molecule has 0 bridgehead atoms. The van der Waals surface area contributed by atoms with Crippen LogP contribution in [0.15, 0.2) is 42.7 Å². The van der Waals surface area contributed by atoms with Crippen molar-refractivity contribution in [1.82, 2.24) is 29.9 Å². The van der Waals surface area contributed by atoms with Crippen molar-refractivity contribution in [2.24, 2.45) is 0 Å². The Morgan fingerprint density at radius 3 is 2.92 bits per heavy atom. The van der Waals surface area contributed by atoms with Gasteiger partial charge in [-0.1, -0.05) is 12.1 Å². The predicted molar refractivity (Wildman–Crippen MR) is 92.5 cm³/mol. The molecule has 2 amide bonds. The number of carbonyl (C=O) groups is 1. The van der Waals surface area contributed by atoms with Crippen molar-refractivity contribution in [3.63, 3.8) is 0 Å². The summed E-state index contributed by atoms with van der Waals surface area (Å²) in [6.07, 6.45) is 3.50. The van der Waals surface area contributed by atoms with E-state index in [0.29, 0.717) is 22.8 Å². The third-order valence-corrected chi connectivity index (χ3v) is 3.78. The Morgan fingerprint density at radius 1 is 1.33 bits per heavy atom. The summed E-state index contributed by atoms with van der Waals surface area (Å²) in [5, 5.41) is 16.6. The van der Waals surface area contributed by atoms with E-state index < -0.39 is 0 Å². The van der Waals surface area contributed by atoms with Crippen LogP contribution in [0, 0.1) is 4.77 Å². The molecule has 0 aliphatic rings. The molecule has 0 aliphatic heterocycles. The highest BCUT2D eigenvalue weighted by Crippen LogP contribution is 2.18. The first kappa shape index (κ1) is 15.9. The summed E-state index contributed by atoms with van der Waals surface area (Å²) < 4.78 is 4.06. The molecule has 3 aromatic rings. The number of nitrogens with zero attached hydrogens (tertiary/aromatic N) is 4. The molecule has 8 nitrogen and oxygen atoms in total. The van der Waals surface area contributed by atoms with Crippen LogP contribution in [0.25, 0.3) is 5.69 Å². The Balaban J connectivity index is 1.69. The van der Waals surface area contributed by atoms with Gasteiger partial charge in [-0.25, -0.2) is 9.48 Å². The van der Waals surface area contributed by atoms with Gasteiger partial charge in [-0.15, -0.1) is 0 Å². The standard InChI is InChI=1S/C15H17N7OS/c1-2-21-13(19-20-15(21)24)10-16-14(23)18-11-6-3-4-7-12(11)22-9-5-8-17-22/h3-9H,2,10H2,1H3,(H,20,24)(H2,16,18,23). The van der Waals surface area contributed by atoms with E-state index in [0.717, 1.165) is 5.69 Å². The summed E-state index contributed by atoms with van der Waals surface area (Å²) in [6, 6.07) is 8.93. The second-order valence-corrected chi connectivity index (χ2v) is 5.35. The molecule has 0 radical (unpaired) electrons. The van der Waals surface area contributed by atoms with Gasteiger partial charge in [-0.2, -0.15) is 10.2 Å². The number of para-hydroxylation sites is 2. The highest BCUT2D eigenvalue weighted by Gasteiger charge is 2.10. The fraction of sp³-hybridized carbons (Fsp3) is 0.200. The number of aromatic amines is 1. The number of carbonyl (C=O) groups excluding carboxylic acids is 1. The number of rotatable bonds is 5. The topological polar surface area (TPSA) is 92.6 Å². The van der Waals surface area contributed by atoms with Crippen molar-refractivity contribution in [3.05, 3.63) is 53.3 Å². The number of hydrogen-bond donors (Lipinski definition) is 3. The van der Waals surface area contributed by atoms with E-state index in [2.05, 4.69) is 25.9 Å². The van der Waals surface area contributed by atoms with Crippen LogP contribution in [-0.4, -0.2) is 30.6 Å². The molecule has 0 unspecified atom stereocenters. The molecule has 2 aromatic heterocycles. The molecule has 0 aliphatic carbocycles. The Hall–Kier alpha value is -2.94. The lowest BCUT2D eigenvalue weighted by atomic mass is 10.2. The molecule has 3 N–H and O–H groups in total. The van der Waals surface area contributed by atoms with Crippen molar-refractivity contribution < 1.29 is 4.79 Å². The predicted octanol–water partition coefficient (Wildman–Crippen LogP) is 2.47. The molecular weight excluding hydrogens is 326 g/mol. The Labute approximate surface area is 143 Å². The highest BCUT2D eigenvalue weighted by atomic mass is 32.1. The quantitative estimate of drug-likeness (QED) is 0.621. The second-order valence-electron chi connectivity index (χ2n) is 4.96. The Bertz CT molecular complexity index is 881. The van der Waals surface area contributed by atoms with E-state index >= 15 is 0 Å². The molecule has 0 saturated heterocycles. The second kappa shape index (κ2) is 7.09. The van der Waals surface area contributed by atoms with Gasteiger partial charge in [0.05, 0.1) is 17.9 Å². The number of benzene rings is 1. The summed E-state index contributed by atoms with van der Waals surface area (Å²) in [5.74, 6) is 0.679. The molecule has 24 heavy (non-hydrogen) atoms. The summed E-state index contributed by atoms with van der Waals surface area (Å²) in [4.78, 5) is 12.2. The number of H-pyrrole nitrogens is 1. The fourth-order valence-electron chi connectivity index (χ4n) is 2.33. The normalized spacial score (nSPS) is 10.5. The molecule has 0 spiro atoms. The zero-order valence-corrected chi connectivity index (χ0v) is 13.9. The summed E-state index contributed by atoms with van der Waals surface area (Å²) in [6.45, 7) is 2.93. The van der Waals surface area contributed by atoms with Gasteiger partial charge < -0.3 is 15.2 Å². The lowest BCUT2D eigenvalue weighted by Gasteiger charge is -2.12. The van der Waals surface area contributed by atoms with Gasteiger partial charge in [-0.05, 0) is 37.3 Å². The average Bonchev–Trinajstić information content (AvgIpc) is 3.23. The highest BCUT2D eigenvalue weighted by molar-refractivity contribution is 7.71. The minimum Gasteiger partial charge on any atom is -0.331 e. The van der Waals surface area contributed by atoms with Crippen molar-refractivity contribution in [2.75, 3.05) is 5.32 Å². The van der Waals surface area contributed by atoms with E-state index in [4.69, 9.17) is 12.2 Å². The minimum atomic E-state index is -0.328. The maximum Gasteiger partial charge on any atom is 0.319 e. The zero-order valence-electron chi connectivity index (χ0n) is 13.1. The number of amides is 2. The average molecular weight is 343 g/mol. The number of nitrogens with one attached hydrogen (secondary N) is 3. The molecular formula is C15H17N7OS. The molecule has 0 saturated carbocycles. The van der Waals surface area contributed by atoms with Crippen LogP contribution in [-0.2, 0) is 13.1 Å². The monoisotopic (exact) mass is 343 g/mol. The number of anilines is 1. The maximum absolute atomic E-state index is 12.2. The molecule has 1 aromatic carbocycles.